The van der Waals surface area contributed by atoms with Crippen molar-refractivity contribution in [2.45, 2.75) is 71.0 Å². The summed E-state index contributed by atoms with van der Waals surface area (Å²) >= 11 is 0. The minimum Gasteiger partial charge on any atom is -0.488 e. The first-order valence-electron chi connectivity index (χ1n) is 14.5. The van der Waals surface area contributed by atoms with Crippen LogP contribution in [0.15, 0.2) is 63.8 Å². The van der Waals surface area contributed by atoms with Gasteiger partial charge in [-0.05, 0) is 73.6 Å². The zero-order chi connectivity index (χ0) is 27.9. The fourth-order valence-electron chi connectivity index (χ4n) is 6.78. The lowest BCUT2D eigenvalue weighted by atomic mass is 9.71. The number of likely N-dealkylation sites (tertiary alicyclic amines) is 1. The van der Waals surface area contributed by atoms with Crippen LogP contribution in [-0.4, -0.2) is 34.6 Å². The SMILES string of the molecule is Cc1c(CCC(=O)N2CCC3(O)CCCCC3C2)c(=O)oc2c(C)c(OCc3cccc4ccccc34)ccc12. The van der Waals surface area contributed by atoms with Crippen molar-refractivity contribution in [3.63, 3.8) is 0 Å². The number of hydrogen-bond donors (Lipinski definition) is 1. The quantitative estimate of drug-likeness (QED) is 0.294. The van der Waals surface area contributed by atoms with Crippen LogP contribution in [0.5, 0.6) is 5.75 Å². The number of ether oxygens (including phenoxy) is 1. The first-order chi connectivity index (χ1) is 19.3. The van der Waals surface area contributed by atoms with Crippen LogP contribution in [0.25, 0.3) is 21.7 Å². The van der Waals surface area contributed by atoms with E-state index < -0.39 is 11.2 Å². The molecule has 1 N–H and O–H groups in total. The first-order valence-corrected chi connectivity index (χ1v) is 14.5. The molecule has 1 aliphatic carbocycles. The number of nitrogens with zero attached hydrogens (tertiary/aromatic N) is 1. The number of rotatable bonds is 6. The van der Waals surface area contributed by atoms with E-state index in [0.717, 1.165) is 53.1 Å². The molecule has 6 nitrogen and oxygen atoms in total. The Kier molecular flexibility index (Phi) is 7.13. The van der Waals surface area contributed by atoms with Gasteiger partial charge in [0, 0.05) is 41.9 Å². The summed E-state index contributed by atoms with van der Waals surface area (Å²) in [5.74, 6) is 0.880. The summed E-state index contributed by atoms with van der Waals surface area (Å²) in [6.45, 7) is 5.44. The van der Waals surface area contributed by atoms with E-state index in [4.69, 9.17) is 9.15 Å². The van der Waals surface area contributed by atoms with Gasteiger partial charge in [0.2, 0.25) is 5.91 Å². The second-order valence-electron chi connectivity index (χ2n) is 11.6. The number of carbonyl (C=O) groups excluding carboxylic acids is 1. The standard InChI is InChI=1S/C34H37NO5/c1-22-27-13-15-30(39-21-25-10-7-9-24-8-3-4-12-29(24)25)23(2)32(27)40-33(37)28(22)14-16-31(36)35-19-18-34(38)17-6-5-11-26(34)20-35/h3-4,7-10,12-13,15,26,38H,5-6,11,14,16-21H2,1-2H3. The van der Waals surface area contributed by atoms with Crippen molar-refractivity contribution < 1.29 is 19.1 Å². The Morgan fingerprint density at radius 3 is 2.73 bits per heavy atom. The molecule has 6 rings (SSSR count). The van der Waals surface area contributed by atoms with Gasteiger partial charge in [-0.15, -0.1) is 0 Å². The molecule has 40 heavy (non-hydrogen) atoms. The number of carbonyl (C=O) groups is 1. The molecule has 2 fully saturated rings. The number of amides is 1. The third kappa shape index (κ3) is 4.90. The largest absolute Gasteiger partial charge is 0.488 e. The molecule has 1 aliphatic heterocycles. The maximum atomic E-state index is 13.1. The average molecular weight is 540 g/mol. The van der Waals surface area contributed by atoms with Crippen LogP contribution in [-0.2, 0) is 17.8 Å². The lowest BCUT2D eigenvalue weighted by Gasteiger charge is -2.47. The second kappa shape index (κ2) is 10.7. The number of aliphatic hydroxyl groups is 1. The summed E-state index contributed by atoms with van der Waals surface area (Å²) in [6.07, 6.45) is 5.23. The van der Waals surface area contributed by atoms with Gasteiger partial charge in [0.1, 0.15) is 17.9 Å². The van der Waals surface area contributed by atoms with Crippen molar-refractivity contribution >= 4 is 27.6 Å². The van der Waals surface area contributed by atoms with Crippen molar-refractivity contribution in [3.05, 3.63) is 87.3 Å². The summed E-state index contributed by atoms with van der Waals surface area (Å²) in [4.78, 5) is 28.1. The number of fused-ring (bicyclic) bond motifs is 3. The Bertz CT molecular complexity index is 1630. The van der Waals surface area contributed by atoms with Gasteiger partial charge in [-0.2, -0.15) is 0 Å². The molecule has 1 aromatic heterocycles. The Labute approximate surface area is 234 Å². The highest BCUT2D eigenvalue weighted by Crippen LogP contribution is 2.40. The van der Waals surface area contributed by atoms with Crippen LogP contribution in [0, 0.1) is 19.8 Å². The molecule has 0 spiro atoms. The van der Waals surface area contributed by atoms with Crippen LogP contribution in [0.2, 0.25) is 0 Å². The van der Waals surface area contributed by atoms with Crippen molar-refractivity contribution in [1.82, 2.24) is 4.90 Å². The molecule has 4 aromatic rings. The summed E-state index contributed by atoms with van der Waals surface area (Å²) < 4.78 is 12.0. The van der Waals surface area contributed by atoms with Gasteiger partial charge in [-0.1, -0.05) is 55.3 Å². The molecular weight excluding hydrogens is 502 g/mol. The van der Waals surface area contributed by atoms with Crippen molar-refractivity contribution in [2.75, 3.05) is 13.1 Å². The van der Waals surface area contributed by atoms with Gasteiger partial charge in [-0.25, -0.2) is 4.79 Å². The van der Waals surface area contributed by atoms with E-state index >= 15 is 0 Å². The molecule has 2 aliphatic rings. The molecule has 1 saturated heterocycles. The molecular formula is C34H37NO5. The number of hydrogen-bond acceptors (Lipinski definition) is 5. The Morgan fingerprint density at radius 1 is 1.02 bits per heavy atom. The van der Waals surface area contributed by atoms with Gasteiger partial charge in [0.15, 0.2) is 0 Å². The fraction of sp³-hybridized carbons (Fsp3) is 0.412. The zero-order valence-electron chi connectivity index (χ0n) is 23.4. The lowest BCUT2D eigenvalue weighted by molar-refractivity contribution is -0.143. The summed E-state index contributed by atoms with van der Waals surface area (Å²) in [5.41, 5.74) is 2.80. The normalized spacial score (nSPS) is 21.0. The summed E-state index contributed by atoms with van der Waals surface area (Å²) in [6, 6.07) is 18.3. The molecule has 0 bridgehead atoms. The predicted molar refractivity (Wildman–Crippen MR) is 157 cm³/mol. The van der Waals surface area contributed by atoms with E-state index in [1.165, 1.54) is 5.39 Å². The fourth-order valence-corrected chi connectivity index (χ4v) is 6.78. The third-order valence-corrected chi connectivity index (χ3v) is 9.29. The molecule has 3 aromatic carbocycles. The number of benzene rings is 3. The van der Waals surface area contributed by atoms with Crippen molar-refractivity contribution in [1.29, 1.82) is 0 Å². The highest BCUT2D eigenvalue weighted by atomic mass is 16.5. The van der Waals surface area contributed by atoms with Crippen molar-refractivity contribution in [2.24, 2.45) is 5.92 Å². The number of piperidine rings is 1. The predicted octanol–water partition coefficient (Wildman–Crippen LogP) is 6.23. The Hall–Kier alpha value is -3.64. The molecule has 6 heteroatoms. The van der Waals surface area contributed by atoms with E-state index in [0.29, 0.717) is 49.4 Å². The smallest absolute Gasteiger partial charge is 0.339 e. The van der Waals surface area contributed by atoms with Crippen molar-refractivity contribution in [3.8, 4) is 5.75 Å². The molecule has 1 saturated carbocycles. The van der Waals surface area contributed by atoms with Gasteiger partial charge in [-0.3, -0.25) is 4.79 Å². The van der Waals surface area contributed by atoms with Gasteiger partial charge in [0.25, 0.3) is 0 Å². The van der Waals surface area contributed by atoms with Gasteiger partial charge < -0.3 is 19.2 Å². The molecule has 2 heterocycles. The molecule has 2 unspecified atom stereocenters. The monoisotopic (exact) mass is 539 g/mol. The van der Waals surface area contributed by atoms with Crippen LogP contribution in [0.4, 0.5) is 0 Å². The summed E-state index contributed by atoms with van der Waals surface area (Å²) in [5, 5.41) is 14.1. The average Bonchev–Trinajstić information content (AvgIpc) is 2.96. The number of aryl methyl sites for hydroxylation is 2. The maximum Gasteiger partial charge on any atom is 0.339 e. The second-order valence-corrected chi connectivity index (χ2v) is 11.6. The lowest BCUT2D eigenvalue weighted by Crippen LogP contribution is -2.54. The van der Waals surface area contributed by atoms with Crippen LogP contribution in [0.1, 0.15) is 60.8 Å². The molecule has 0 radical (unpaired) electrons. The zero-order valence-corrected chi connectivity index (χ0v) is 23.4. The summed E-state index contributed by atoms with van der Waals surface area (Å²) in [7, 11) is 0. The van der Waals surface area contributed by atoms with Crippen LogP contribution in [0.3, 0.4) is 0 Å². The minimum absolute atomic E-state index is 0.0416. The van der Waals surface area contributed by atoms with Crippen LogP contribution >= 0.6 is 0 Å². The highest BCUT2D eigenvalue weighted by molar-refractivity contribution is 5.87. The minimum atomic E-state index is -0.611. The van der Waals surface area contributed by atoms with E-state index in [-0.39, 0.29) is 18.2 Å². The Morgan fingerprint density at radius 2 is 1.85 bits per heavy atom. The Balaban J connectivity index is 1.17. The van der Waals surface area contributed by atoms with E-state index in [1.807, 2.05) is 49.1 Å². The third-order valence-electron chi connectivity index (χ3n) is 9.29. The van der Waals surface area contributed by atoms with E-state index in [1.54, 1.807) is 0 Å². The first kappa shape index (κ1) is 26.6. The van der Waals surface area contributed by atoms with Crippen LogP contribution < -0.4 is 10.4 Å². The van der Waals surface area contributed by atoms with Gasteiger partial charge in [0.05, 0.1) is 5.60 Å². The van der Waals surface area contributed by atoms with E-state index in [9.17, 15) is 14.7 Å². The molecule has 2 atom stereocenters. The van der Waals surface area contributed by atoms with E-state index in [2.05, 4.69) is 24.3 Å². The highest BCUT2D eigenvalue weighted by Gasteiger charge is 2.43. The topological polar surface area (TPSA) is 80.0 Å². The van der Waals surface area contributed by atoms with Gasteiger partial charge >= 0.3 is 5.63 Å². The maximum absolute atomic E-state index is 13.1. The molecule has 208 valence electrons. The molecule has 1 amide bonds.